The highest BCUT2D eigenvalue weighted by molar-refractivity contribution is 5.98. The summed E-state index contributed by atoms with van der Waals surface area (Å²) in [5.74, 6) is 1.27. The van der Waals surface area contributed by atoms with Crippen LogP contribution in [0.2, 0.25) is 0 Å². The molecule has 0 radical (unpaired) electrons. The van der Waals surface area contributed by atoms with Crippen molar-refractivity contribution in [3.8, 4) is 17.2 Å². The lowest BCUT2D eigenvalue weighted by molar-refractivity contribution is 0.0913. The molecule has 0 bridgehead atoms. The summed E-state index contributed by atoms with van der Waals surface area (Å²) >= 11 is 0. The fourth-order valence-corrected chi connectivity index (χ4v) is 3.57. The predicted octanol–water partition coefficient (Wildman–Crippen LogP) is 1.31. The minimum Gasteiger partial charge on any atom is -0.496 e. The van der Waals surface area contributed by atoms with Gasteiger partial charge in [-0.25, -0.2) is 0 Å². The summed E-state index contributed by atoms with van der Waals surface area (Å²) in [6.07, 6.45) is 2.42. The molecule has 1 amide bonds. The third-order valence-corrected chi connectivity index (χ3v) is 4.93. The maximum Gasteiger partial charge on any atom is 0.255 e. The smallest absolute Gasteiger partial charge is 0.255 e. The van der Waals surface area contributed by atoms with Crippen LogP contribution < -0.4 is 19.5 Å². The van der Waals surface area contributed by atoms with Gasteiger partial charge in [-0.2, -0.15) is 0 Å². The van der Waals surface area contributed by atoms with Gasteiger partial charge in [0.2, 0.25) is 0 Å². The standard InChI is InChI=1S/C18H26N2O5/c1-22-15-9-17(24-3)16(23-2)8-12(15)18(21)19-13-10-25-11-14(13)20-6-4-5-7-20/h8-9,13-14H,4-7,10-11H2,1-3H3,(H,19,21)/t13-,14-/m0/s1. The highest BCUT2D eigenvalue weighted by atomic mass is 16.5. The molecule has 0 spiro atoms. The average molecular weight is 350 g/mol. The Morgan fingerprint density at radius 1 is 1.04 bits per heavy atom. The third kappa shape index (κ3) is 3.67. The second kappa shape index (κ2) is 7.93. The molecule has 3 rings (SSSR count). The van der Waals surface area contributed by atoms with Gasteiger partial charge in [0.15, 0.2) is 11.5 Å². The molecule has 2 aliphatic rings. The van der Waals surface area contributed by atoms with E-state index in [-0.39, 0.29) is 18.0 Å². The van der Waals surface area contributed by atoms with Gasteiger partial charge in [-0.3, -0.25) is 9.69 Å². The summed E-state index contributed by atoms with van der Waals surface area (Å²) in [4.78, 5) is 15.3. The van der Waals surface area contributed by atoms with Crippen LogP contribution in [0.3, 0.4) is 0 Å². The molecule has 0 unspecified atom stereocenters. The lowest BCUT2D eigenvalue weighted by Gasteiger charge is -2.28. The van der Waals surface area contributed by atoms with Crippen LogP contribution in [0, 0.1) is 0 Å². The lowest BCUT2D eigenvalue weighted by Crippen LogP contribution is -2.50. The first-order valence-electron chi connectivity index (χ1n) is 8.60. The fraction of sp³-hybridized carbons (Fsp3) is 0.611. The Bertz CT molecular complexity index is 616. The molecule has 0 saturated carbocycles. The molecule has 2 atom stereocenters. The van der Waals surface area contributed by atoms with E-state index < -0.39 is 0 Å². The van der Waals surface area contributed by atoms with Gasteiger partial charge in [0.05, 0.1) is 52.2 Å². The number of benzene rings is 1. The van der Waals surface area contributed by atoms with E-state index in [9.17, 15) is 4.79 Å². The van der Waals surface area contributed by atoms with Crippen molar-refractivity contribution in [2.75, 3.05) is 47.6 Å². The minimum atomic E-state index is -0.197. The number of carbonyl (C=O) groups is 1. The van der Waals surface area contributed by atoms with Gasteiger partial charge in [0, 0.05) is 12.1 Å². The van der Waals surface area contributed by atoms with Crippen molar-refractivity contribution < 1.29 is 23.7 Å². The zero-order chi connectivity index (χ0) is 17.8. The highest BCUT2D eigenvalue weighted by Crippen LogP contribution is 2.34. The third-order valence-electron chi connectivity index (χ3n) is 4.93. The Morgan fingerprint density at radius 2 is 1.68 bits per heavy atom. The van der Waals surface area contributed by atoms with Crippen molar-refractivity contribution in [2.24, 2.45) is 0 Å². The second-order valence-corrected chi connectivity index (χ2v) is 6.34. The number of nitrogens with one attached hydrogen (secondary N) is 1. The van der Waals surface area contributed by atoms with Gasteiger partial charge in [-0.1, -0.05) is 0 Å². The van der Waals surface area contributed by atoms with Crippen LogP contribution in [0.15, 0.2) is 12.1 Å². The first-order chi connectivity index (χ1) is 12.2. The SMILES string of the molecule is COc1cc(OC)c(C(=O)N[C@H]2COC[C@@H]2N2CCCC2)cc1OC. The van der Waals surface area contributed by atoms with Crippen LogP contribution in [0.1, 0.15) is 23.2 Å². The Labute approximate surface area is 148 Å². The van der Waals surface area contributed by atoms with E-state index in [2.05, 4.69) is 10.2 Å². The number of hydrogen-bond donors (Lipinski definition) is 1. The second-order valence-electron chi connectivity index (χ2n) is 6.34. The molecule has 2 saturated heterocycles. The quantitative estimate of drug-likeness (QED) is 0.834. The number of carbonyl (C=O) groups excluding carboxylic acids is 1. The molecule has 1 aromatic carbocycles. The van der Waals surface area contributed by atoms with E-state index in [0.29, 0.717) is 36.0 Å². The normalized spacial score (nSPS) is 23.5. The van der Waals surface area contributed by atoms with Crippen LogP contribution in [0.5, 0.6) is 17.2 Å². The average Bonchev–Trinajstić information content (AvgIpc) is 3.31. The number of hydrogen-bond acceptors (Lipinski definition) is 6. The van der Waals surface area contributed by atoms with Crippen LogP contribution in [-0.4, -0.2) is 70.5 Å². The van der Waals surface area contributed by atoms with Gasteiger partial charge in [0.25, 0.3) is 5.91 Å². The number of methoxy groups -OCH3 is 3. The first kappa shape index (κ1) is 17.8. The zero-order valence-electron chi connectivity index (χ0n) is 15.0. The number of amides is 1. The highest BCUT2D eigenvalue weighted by Gasteiger charge is 2.35. The van der Waals surface area contributed by atoms with Gasteiger partial charge in [0.1, 0.15) is 5.75 Å². The Morgan fingerprint density at radius 3 is 2.32 bits per heavy atom. The van der Waals surface area contributed by atoms with Crippen molar-refractivity contribution >= 4 is 5.91 Å². The molecule has 1 aromatic rings. The molecular weight excluding hydrogens is 324 g/mol. The molecule has 138 valence electrons. The number of rotatable bonds is 6. The van der Waals surface area contributed by atoms with E-state index in [1.165, 1.54) is 20.0 Å². The monoisotopic (exact) mass is 350 g/mol. The van der Waals surface area contributed by atoms with E-state index in [1.807, 2.05) is 0 Å². The van der Waals surface area contributed by atoms with Crippen molar-refractivity contribution in [2.45, 2.75) is 24.9 Å². The summed E-state index contributed by atoms with van der Waals surface area (Å²) in [5.41, 5.74) is 0.423. The Kier molecular flexibility index (Phi) is 5.65. The molecule has 7 heteroatoms. The van der Waals surface area contributed by atoms with Crippen LogP contribution >= 0.6 is 0 Å². The number of nitrogens with zero attached hydrogens (tertiary/aromatic N) is 1. The van der Waals surface area contributed by atoms with Crippen molar-refractivity contribution in [3.05, 3.63) is 17.7 Å². The lowest BCUT2D eigenvalue weighted by atomic mass is 10.1. The summed E-state index contributed by atoms with van der Waals surface area (Å²) in [7, 11) is 4.62. The molecular formula is C18H26N2O5. The predicted molar refractivity (Wildman–Crippen MR) is 92.8 cm³/mol. The summed E-state index contributed by atoms with van der Waals surface area (Å²) in [5, 5.41) is 3.10. The van der Waals surface area contributed by atoms with E-state index >= 15 is 0 Å². The van der Waals surface area contributed by atoms with Crippen LogP contribution in [0.25, 0.3) is 0 Å². The van der Waals surface area contributed by atoms with Gasteiger partial charge in [-0.15, -0.1) is 0 Å². The molecule has 25 heavy (non-hydrogen) atoms. The van der Waals surface area contributed by atoms with Gasteiger partial charge >= 0.3 is 0 Å². The molecule has 2 heterocycles. The number of ether oxygens (including phenoxy) is 4. The zero-order valence-corrected chi connectivity index (χ0v) is 15.0. The molecule has 0 aliphatic carbocycles. The Hall–Kier alpha value is -1.99. The summed E-state index contributed by atoms with van der Waals surface area (Å²) < 4.78 is 21.6. The maximum atomic E-state index is 12.8. The van der Waals surface area contributed by atoms with Crippen molar-refractivity contribution in [1.29, 1.82) is 0 Å². The molecule has 2 aliphatic heterocycles. The largest absolute Gasteiger partial charge is 0.496 e. The molecule has 7 nitrogen and oxygen atoms in total. The molecule has 2 fully saturated rings. The maximum absolute atomic E-state index is 12.8. The summed E-state index contributed by atoms with van der Waals surface area (Å²) in [6, 6.07) is 3.52. The van der Waals surface area contributed by atoms with Crippen LogP contribution in [-0.2, 0) is 4.74 Å². The van der Waals surface area contributed by atoms with E-state index in [1.54, 1.807) is 26.4 Å². The van der Waals surface area contributed by atoms with Crippen molar-refractivity contribution in [1.82, 2.24) is 10.2 Å². The number of likely N-dealkylation sites (tertiary alicyclic amines) is 1. The molecule has 1 N–H and O–H groups in total. The summed E-state index contributed by atoms with van der Waals surface area (Å²) in [6.45, 7) is 3.33. The van der Waals surface area contributed by atoms with E-state index in [0.717, 1.165) is 13.1 Å². The van der Waals surface area contributed by atoms with E-state index in [4.69, 9.17) is 18.9 Å². The first-order valence-corrected chi connectivity index (χ1v) is 8.60. The Balaban J connectivity index is 1.78. The minimum absolute atomic E-state index is 0.0246. The van der Waals surface area contributed by atoms with Gasteiger partial charge in [-0.05, 0) is 25.9 Å². The van der Waals surface area contributed by atoms with Crippen LogP contribution in [0.4, 0.5) is 0 Å². The topological polar surface area (TPSA) is 69.3 Å². The van der Waals surface area contributed by atoms with Gasteiger partial charge < -0.3 is 24.3 Å². The molecule has 0 aromatic heterocycles. The fourth-order valence-electron chi connectivity index (χ4n) is 3.57. The van der Waals surface area contributed by atoms with Crippen molar-refractivity contribution in [3.63, 3.8) is 0 Å².